The van der Waals surface area contributed by atoms with Gasteiger partial charge in [-0.1, -0.05) is 23.2 Å². The van der Waals surface area contributed by atoms with E-state index in [1.165, 1.54) is 0 Å². The predicted molar refractivity (Wildman–Crippen MR) is 197 cm³/mol. The van der Waals surface area contributed by atoms with Gasteiger partial charge in [0.15, 0.2) is 21.9 Å². The van der Waals surface area contributed by atoms with Crippen LogP contribution in [0.5, 0.6) is 0 Å². The molecule has 0 amide bonds. The first kappa shape index (κ1) is 45.1. The quantitative estimate of drug-likeness (QED) is 0.158. The number of rotatable bonds is 11. The number of aliphatic hydroxyl groups excluding tert-OH is 4. The number of ether oxygens (including phenoxy) is 2. The monoisotopic (exact) mass is 784 g/mol. The Labute approximate surface area is 314 Å². The molecule has 292 valence electrons. The standard InChI is InChI=1S/C15H27ClN6O3.C12H26N2O3.C3H2Cl2N4/c1-15(2,3)25-9-11(24)7-21-4-5-22(10(6-21)8-23)14-18-13(17)12(16)19-20-14;1-12(2,3)17-9-11(16)7-14-5-4-13-10(6-14)8-15;4-1-2(6)7-3(5)9-8-1/h10-11,23-24H,4-9H2,1-3H3,(H2,17,18,20);10-11,13,15-16H,4-9H2,1-3H3;(H2,6,7,9)/t2*10-,11?;/m00./s1. The minimum atomic E-state index is -0.589. The van der Waals surface area contributed by atoms with Crippen LogP contribution in [0.1, 0.15) is 41.5 Å². The first-order valence-electron chi connectivity index (χ1n) is 16.6. The Hall–Kier alpha value is -2.07. The van der Waals surface area contributed by atoms with Crippen molar-refractivity contribution in [2.45, 2.75) is 77.0 Å². The van der Waals surface area contributed by atoms with Gasteiger partial charge in [0.25, 0.3) is 0 Å². The molecule has 2 unspecified atom stereocenters. The lowest BCUT2D eigenvalue weighted by Crippen LogP contribution is -2.57. The first-order chi connectivity index (χ1) is 23.8. The first-order valence-corrected chi connectivity index (χ1v) is 17.7. The fourth-order valence-corrected chi connectivity index (χ4v) is 5.11. The number of piperazine rings is 2. The van der Waals surface area contributed by atoms with Crippen LogP contribution in [0.15, 0.2) is 0 Å². The molecule has 2 aliphatic rings. The van der Waals surface area contributed by atoms with Gasteiger partial charge in [0.2, 0.25) is 11.2 Å². The largest absolute Gasteiger partial charge is 0.395 e. The highest BCUT2D eigenvalue weighted by Crippen LogP contribution is 2.20. The summed E-state index contributed by atoms with van der Waals surface area (Å²) in [7, 11) is 0. The summed E-state index contributed by atoms with van der Waals surface area (Å²) in [4.78, 5) is 13.7. The average Bonchev–Trinajstić information content (AvgIpc) is 3.06. The summed E-state index contributed by atoms with van der Waals surface area (Å²) >= 11 is 16.4. The van der Waals surface area contributed by atoms with E-state index in [1.54, 1.807) is 0 Å². The highest BCUT2D eigenvalue weighted by molar-refractivity contribution is 6.32. The Morgan fingerprint density at radius 2 is 1.29 bits per heavy atom. The number of hydrogen-bond acceptors (Lipinski definition) is 18. The zero-order valence-corrected chi connectivity index (χ0v) is 32.5. The zero-order valence-electron chi connectivity index (χ0n) is 30.2. The molecule has 9 N–H and O–H groups in total. The molecule has 0 spiro atoms. The van der Waals surface area contributed by atoms with Crippen molar-refractivity contribution in [1.29, 1.82) is 0 Å². The van der Waals surface area contributed by atoms with Crippen molar-refractivity contribution < 1.29 is 29.9 Å². The molecule has 2 fully saturated rings. The van der Waals surface area contributed by atoms with Gasteiger partial charge in [0, 0.05) is 58.4 Å². The maximum Gasteiger partial charge on any atom is 0.247 e. The van der Waals surface area contributed by atoms with Crippen LogP contribution < -0.4 is 21.7 Å². The van der Waals surface area contributed by atoms with Crippen LogP contribution in [-0.2, 0) is 9.47 Å². The Morgan fingerprint density at radius 3 is 1.76 bits per heavy atom. The number of halogens is 3. The number of anilines is 3. The second kappa shape index (κ2) is 21.6. The predicted octanol–water partition coefficient (Wildman–Crippen LogP) is -0.0448. The van der Waals surface area contributed by atoms with Gasteiger partial charge in [-0.05, 0) is 53.1 Å². The molecule has 2 aromatic heterocycles. The smallest absolute Gasteiger partial charge is 0.247 e. The fourth-order valence-electron chi connectivity index (χ4n) is 4.82. The zero-order chi connectivity index (χ0) is 38.4. The van der Waals surface area contributed by atoms with Crippen molar-refractivity contribution in [2.24, 2.45) is 0 Å². The molecule has 2 aromatic rings. The van der Waals surface area contributed by atoms with Crippen LogP contribution in [-0.4, -0.2) is 175 Å². The van der Waals surface area contributed by atoms with Gasteiger partial charge in [0.05, 0.1) is 55.9 Å². The molecule has 51 heavy (non-hydrogen) atoms. The van der Waals surface area contributed by atoms with Crippen molar-refractivity contribution in [3.63, 3.8) is 0 Å². The lowest BCUT2D eigenvalue weighted by Gasteiger charge is -2.41. The minimum Gasteiger partial charge on any atom is -0.395 e. The van der Waals surface area contributed by atoms with Crippen molar-refractivity contribution in [2.75, 3.05) is 95.2 Å². The number of aromatic nitrogens is 6. The number of β-amino-alcohol motifs (C(OH)–C–C–N with tert-alkyl or cyclic N) is 2. The van der Waals surface area contributed by atoms with E-state index in [2.05, 4.69) is 45.5 Å². The Bertz CT molecular complexity index is 1310. The summed E-state index contributed by atoms with van der Waals surface area (Å²) < 4.78 is 11.2. The maximum absolute atomic E-state index is 10.2. The van der Waals surface area contributed by atoms with Crippen molar-refractivity contribution >= 4 is 52.4 Å². The summed E-state index contributed by atoms with van der Waals surface area (Å²) in [6.45, 7) is 18.0. The van der Waals surface area contributed by atoms with Crippen LogP contribution in [0.2, 0.25) is 15.6 Å². The molecular weight excluding hydrogens is 731 g/mol. The second-order valence-electron chi connectivity index (χ2n) is 14.1. The molecule has 0 bridgehead atoms. The topological polar surface area (TPSA) is 251 Å². The average molecular weight is 786 g/mol. The highest BCUT2D eigenvalue weighted by atomic mass is 35.5. The van der Waals surface area contributed by atoms with Gasteiger partial charge in [-0.3, -0.25) is 9.80 Å². The van der Waals surface area contributed by atoms with Crippen LogP contribution >= 0.6 is 34.8 Å². The molecule has 0 radical (unpaired) electrons. The highest BCUT2D eigenvalue weighted by Gasteiger charge is 2.30. The Morgan fingerprint density at radius 1 is 0.765 bits per heavy atom. The molecule has 0 aromatic carbocycles. The van der Waals surface area contributed by atoms with E-state index in [0.29, 0.717) is 45.3 Å². The van der Waals surface area contributed by atoms with E-state index < -0.39 is 12.2 Å². The summed E-state index contributed by atoms with van der Waals surface area (Å²) in [6, 6.07) is -0.0913. The summed E-state index contributed by atoms with van der Waals surface area (Å²) in [5, 5.41) is 56.6. The van der Waals surface area contributed by atoms with E-state index in [9.17, 15) is 15.3 Å². The third-order valence-corrected chi connectivity index (χ3v) is 7.95. The Kier molecular flexibility index (Phi) is 19.1. The minimum absolute atomic E-state index is 0.00287. The SMILES string of the molecule is CC(C)(C)OCC(O)CN1CCN(c2nnc(Cl)c(N)n2)[C@H](CO)C1.CC(C)(C)OCC(O)CN1CCN[C@H](CO)C1.Nc1nc(Cl)nnc1Cl. The maximum atomic E-state index is 10.2. The van der Waals surface area contributed by atoms with Crippen molar-refractivity contribution in [3.05, 3.63) is 15.6 Å². The molecule has 21 heteroatoms. The molecule has 0 aliphatic carbocycles. The number of nitrogen functional groups attached to an aromatic ring is 2. The van der Waals surface area contributed by atoms with Crippen molar-refractivity contribution in [1.82, 2.24) is 45.5 Å². The van der Waals surface area contributed by atoms with E-state index in [4.69, 9.17) is 60.9 Å². The number of hydrogen-bond donors (Lipinski definition) is 7. The van der Waals surface area contributed by atoms with Gasteiger partial charge >= 0.3 is 0 Å². The fraction of sp³-hybridized carbons (Fsp3) is 0.800. The van der Waals surface area contributed by atoms with Gasteiger partial charge < -0.3 is 51.6 Å². The molecule has 2 aliphatic heterocycles. The molecule has 0 saturated carbocycles. The van der Waals surface area contributed by atoms with Gasteiger partial charge in [-0.25, -0.2) is 0 Å². The second-order valence-corrected chi connectivity index (χ2v) is 15.1. The van der Waals surface area contributed by atoms with Crippen LogP contribution in [0.4, 0.5) is 17.6 Å². The summed E-state index contributed by atoms with van der Waals surface area (Å²) in [6.07, 6.45) is -1.05. The number of aliphatic hydroxyl groups is 4. The van der Waals surface area contributed by atoms with Gasteiger partial charge in [0.1, 0.15) is 0 Å². The summed E-state index contributed by atoms with van der Waals surface area (Å²) in [5.74, 6) is 0.550. The number of nitrogens with one attached hydrogen (secondary N) is 1. The molecular formula is C30H55Cl3N12O6. The van der Waals surface area contributed by atoms with E-state index in [-0.39, 0.29) is 70.3 Å². The lowest BCUT2D eigenvalue weighted by atomic mass is 10.1. The van der Waals surface area contributed by atoms with Crippen LogP contribution in [0.3, 0.4) is 0 Å². The normalized spacial score (nSPS) is 20.1. The number of nitrogens with zero attached hydrogens (tertiary/aromatic N) is 9. The molecule has 4 atom stereocenters. The lowest BCUT2D eigenvalue weighted by molar-refractivity contribution is -0.0579. The molecule has 4 rings (SSSR count). The molecule has 4 heterocycles. The van der Waals surface area contributed by atoms with Crippen molar-refractivity contribution in [3.8, 4) is 0 Å². The van der Waals surface area contributed by atoms with Gasteiger partial charge in [-0.15, -0.1) is 20.4 Å². The van der Waals surface area contributed by atoms with E-state index in [1.807, 2.05) is 46.4 Å². The van der Waals surface area contributed by atoms with Crippen LogP contribution in [0, 0.1) is 0 Å². The van der Waals surface area contributed by atoms with E-state index >= 15 is 0 Å². The van der Waals surface area contributed by atoms with E-state index in [0.717, 1.165) is 19.6 Å². The third kappa shape index (κ3) is 18.0. The third-order valence-electron chi connectivity index (χ3n) is 7.25. The van der Waals surface area contributed by atoms with Crippen LogP contribution in [0.25, 0.3) is 0 Å². The Balaban J connectivity index is 0.000000297. The summed E-state index contributed by atoms with van der Waals surface area (Å²) in [5.41, 5.74) is 10.4. The number of nitrogens with two attached hydrogens (primary N) is 2. The van der Waals surface area contributed by atoms with Gasteiger partial charge in [-0.2, -0.15) is 9.97 Å². The molecule has 18 nitrogen and oxygen atoms in total. The molecule has 2 saturated heterocycles.